The summed E-state index contributed by atoms with van der Waals surface area (Å²) in [7, 11) is 1.81. The molecule has 2 fully saturated rings. The number of nitrogens with one attached hydrogen (secondary N) is 1. The highest BCUT2D eigenvalue weighted by Gasteiger charge is 2.27. The second-order valence-corrected chi connectivity index (χ2v) is 6.64. The first-order valence-electron chi connectivity index (χ1n) is 8.41. The maximum absolute atomic E-state index is 5.31. The molecule has 0 bridgehead atoms. The van der Waals surface area contributed by atoms with Crippen LogP contribution in [0.15, 0.2) is 0 Å². The van der Waals surface area contributed by atoms with Gasteiger partial charge in [-0.2, -0.15) is 0 Å². The average molecular weight is 283 g/mol. The van der Waals surface area contributed by atoms with E-state index in [4.69, 9.17) is 4.74 Å². The molecule has 1 atom stereocenters. The second-order valence-electron chi connectivity index (χ2n) is 6.64. The third-order valence-corrected chi connectivity index (χ3v) is 4.95. The Kier molecular flexibility index (Phi) is 6.75. The van der Waals surface area contributed by atoms with Gasteiger partial charge in [-0.1, -0.05) is 0 Å². The molecule has 0 aromatic rings. The van der Waals surface area contributed by atoms with Crippen molar-refractivity contribution in [2.45, 2.75) is 57.7 Å². The molecule has 0 radical (unpaired) electrons. The van der Waals surface area contributed by atoms with E-state index >= 15 is 0 Å². The molecule has 1 N–H and O–H groups in total. The predicted octanol–water partition coefficient (Wildman–Crippen LogP) is 1.56. The number of nitrogens with zero attached hydrogens (tertiary/aromatic N) is 2. The van der Waals surface area contributed by atoms with Crippen molar-refractivity contribution < 1.29 is 4.74 Å². The molecular formula is C16H33N3O. The highest BCUT2D eigenvalue weighted by molar-refractivity contribution is 4.85. The number of likely N-dealkylation sites (tertiary alicyclic amines) is 1. The van der Waals surface area contributed by atoms with Crippen molar-refractivity contribution in [3.8, 4) is 0 Å². The molecule has 2 aliphatic heterocycles. The lowest BCUT2D eigenvalue weighted by Crippen LogP contribution is -2.50. The molecule has 0 aliphatic carbocycles. The van der Waals surface area contributed by atoms with Crippen molar-refractivity contribution in [3.63, 3.8) is 0 Å². The SMILES string of the molecule is COCCN(CC1CCCN1)C1CCN(C(C)C)CC1. The Balaban J connectivity index is 1.82. The van der Waals surface area contributed by atoms with Crippen LogP contribution in [0.1, 0.15) is 39.5 Å². The first-order valence-corrected chi connectivity index (χ1v) is 8.41. The van der Waals surface area contributed by atoms with Gasteiger partial charge < -0.3 is 15.0 Å². The number of hydrogen-bond acceptors (Lipinski definition) is 4. The molecule has 2 heterocycles. The minimum atomic E-state index is 0.694. The molecule has 4 heteroatoms. The van der Waals surface area contributed by atoms with Crippen LogP contribution in [0.2, 0.25) is 0 Å². The van der Waals surface area contributed by atoms with Gasteiger partial charge in [-0.3, -0.25) is 4.90 Å². The summed E-state index contributed by atoms with van der Waals surface area (Å²) in [6, 6.07) is 2.15. The number of piperidine rings is 1. The van der Waals surface area contributed by atoms with Crippen LogP contribution in [-0.4, -0.2) is 74.4 Å². The summed E-state index contributed by atoms with van der Waals surface area (Å²) < 4.78 is 5.31. The van der Waals surface area contributed by atoms with Crippen LogP contribution < -0.4 is 5.32 Å². The molecule has 1 unspecified atom stereocenters. The summed E-state index contributed by atoms with van der Waals surface area (Å²) in [5.74, 6) is 0. The summed E-state index contributed by atoms with van der Waals surface area (Å²) in [4.78, 5) is 5.29. The van der Waals surface area contributed by atoms with Gasteiger partial charge >= 0.3 is 0 Å². The Morgan fingerprint density at radius 2 is 2.00 bits per heavy atom. The Hall–Kier alpha value is -0.160. The number of rotatable bonds is 7. The van der Waals surface area contributed by atoms with E-state index in [1.807, 2.05) is 7.11 Å². The Morgan fingerprint density at radius 1 is 1.25 bits per heavy atom. The number of methoxy groups -OCH3 is 1. The van der Waals surface area contributed by atoms with E-state index in [2.05, 4.69) is 29.0 Å². The molecule has 0 saturated carbocycles. The largest absolute Gasteiger partial charge is 0.383 e. The summed E-state index contributed by atoms with van der Waals surface area (Å²) in [5.41, 5.74) is 0. The van der Waals surface area contributed by atoms with Crippen LogP contribution in [0.25, 0.3) is 0 Å². The van der Waals surface area contributed by atoms with Crippen LogP contribution in [0.3, 0.4) is 0 Å². The van der Waals surface area contributed by atoms with Crippen LogP contribution in [-0.2, 0) is 4.74 Å². The molecule has 4 nitrogen and oxygen atoms in total. The maximum atomic E-state index is 5.31. The van der Waals surface area contributed by atoms with E-state index in [0.717, 1.165) is 19.2 Å². The fourth-order valence-corrected chi connectivity index (χ4v) is 3.59. The van der Waals surface area contributed by atoms with E-state index in [-0.39, 0.29) is 0 Å². The third-order valence-electron chi connectivity index (χ3n) is 4.95. The first kappa shape index (κ1) is 16.2. The van der Waals surface area contributed by atoms with Gasteiger partial charge in [0.05, 0.1) is 6.61 Å². The lowest BCUT2D eigenvalue weighted by atomic mass is 10.0. The molecule has 0 amide bonds. The van der Waals surface area contributed by atoms with Crippen molar-refractivity contribution in [1.29, 1.82) is 0 Å². The Morgan fingerprint density at radius 3 is 2.55 bits per heavy atom. The van der Waals surface area contributed by atoms with E-state index < -0.39 is 0 Å². The molecule has 0 aromatic heterocycles. The fourth-order valence-electron chi connectivity index (χ4n) is 3.59. The zero-order valence-corrected chi connectivity index (χ0v) is 13.6. The molecule has 2 rings (SSSR count). The van der Waals surface area contributed by atoms with Gasteiger partial charge in [0.1, 0.15) is 0 Å². The van der Waals surface area contributed by atoms with Gasteiger partial charge in [-0.05, 0) is 59.2 Å². The predicted molar refractivity (Wildman–Crippen MR) is 84.2 cm³/mol. The summed E-state index contributed by atoms with van der Waals surface area (Å²) >= 11 is 0. The lowest BCUT2D eigenvalue weighted by Gasteiger charge is -2.40. The second kappa shape index (κ2) is 8.32. The zero-order chi connectivity index (χ0) is 14.4. The Labute approximate surface area is 124 Å². The third kappa shape index (κ3) is 4.69. The van der Waals surface area contributed by atoms with E-state index in [9.17, 15) is 0 Å². The van der Waals surface area contributed by atoms with E-state index in [1.165, 1.54) is 51.9 Å². The van der Waals surface area contributed by atoms with Crippen molar-refractivity contribution in [2.75, 3.05) is 46.4 Å². The fraction of sp³-hybridized carbons (Fsp3) is 1.00. The van der Waals surface area contributed by atoms with Crippen LogP contribution in [0, 0.1) is 0 Å². The van der Waals surface area contributed by atoms with Crippen LogP contribution >= 0.6 is 0 Å². The van der Waals surface area contributed by atoms with Crippen LogP contribution in [0.5, 0.6) is 0 Å². The standard InChI is InChI=1S/C16H33N3O/c1-14(2)18-9-6-16(7-10-18)19(11-12-20-3)13-15-5-4-8-17-15/h14-17H,4-13H2,1-3H3. The van der Waals surface area contributed by atoms with Crippen molar-refractivity contribution in [1.82, 2.24) is 15.1 Å². The Bertz CT molecular complexity index is 258. The van der Waals surface area contributed by atoms with Crippen molar-refractivity contribution in [2.24, 2.45) is 0 Å². The highest BCUT2D eigenvalue weighted by atomic mass is 16.5. The van der Waals surface area contributed by atoms with Gasteiger partial charge in [0.15, 0.2) is 0 Å². The average Bonchev–Trinajstić information content (AvgIpc) is 2.96. The van der Waals surface area contributed by atoms with Crippen molar-refractivity contribution >= 4 is 0 Å². The normalized spacial score (nSPS) is 25.9. The summed E-state index contributed by atoms with van der Waals surface area (Å²) in [5, 5.41) is 3.64. The van der Waals surface area contributed by atoms with E-state index in [1.54, 1.807) is 0 Å². The van der Waals surface area contributed by atoms with Gasteiger partial charge in [0, 0.05) is 38.3 Å². The van der Waals surface area contributed by atoms with Crippen molar-refractivity contribution in [3.05, 3.63) is 0 Å². The summed E-state index contributed by atoms with van der Waals surface area (Å²) in [6.45, 7) is 11.5. The number of hydrogen-bond donors (Lipinski definition) is 1. The zero-order valence-electron chi connectivity index (χ0n) is 13.6. The molecule has 0 spiro atoms. The molecule has 0 aromatic carbocycles. The molecule has 2 saturated heterocycles. The van der Waals surface area contributed by atoms with E-state index in [0.29, 0.717) is 12.1 Å². The minimum Gasteiger partial charge on any atom is -0.383 e. The van der Waals surface area contributed by atoms with Gasteiger partial charge in [0.25, 0.3) is 0 Å². The monoisotopic (exact) mass is 283 g/mol. The van der Waals surface area contributed by atoms with Crippen LogP contribution in [0.4, 0.5) is 0 Å². The lowest BCUT2D eigenvalue weighted by molar-refractivity contribution is 0.0645. The molecule has 118 valence electrons. The smallest absolute Gasteiger partial charge is 0.0589 e. The first-order chi connectivity index (χ1) is 9.70. The van der Waals surface area contributed by atoms with Gasteiger partial charge in [-0.25, -0.2) is 0 Å². The topological polar surface area (TPSA) is 27.7 Å². The summed E-state index contributed by atoms with van der Waals surface area (Å²) in [6.07, 6.45) is 5.31. The number of ether oxygens (including phenoxy) is 1. The molecule has 2 aliphatic rings. The highest BCUT2D eigenvalue weighted by Crippen LogP contribution is 2.19. The molecular weight excluding hydrogens is 250 g/mol. The minimum absolute atomic E-state index is 0.694. The maximum Gasteiger partial charge on any atom is 0.0589 e. The van der Waals surface area contributed by atoms with Gasteiger partial charge in [0.2, 0.25) is 0 Å². The molecule has 20 heavy (non-hydrogen) atoms. The quantitative estimate of drug-likeness (QED) is 0.767. The van der Waals surface area contributed by atoms with Gasteiger partial charge in [-0.15, -0.1) is 0 Å².